The lowest BCUT2D eigenvalue weighted by molar-refractivity contribution is -0.153. The molecule has 1 N–H and O–H groups in total. The molecule has 2 fully saturated rings. The van der Waals surface area contributed by atoms with Crippen LogP contribution in [-0.2, 0) is 24.3 Å². The topological polar surface area (TPSA) is 104 Å². The lowest BCUT2D eigenvalue weighted by Gasteiger charge is -2.37. The van der Waals surface area contributed by atoms with Gasteiger partial charge >= 0.3 is 5.97 Å². The molecular formula is C15H26N2O6S. The van der Waals surface area contributed by atoms with Gasteiger partial charge in [0.1, 0.15) is 12.6 Å². The van der Waals surface area contributed by atoms with Crippen LogP contribution < -0.4 is 0 Å². The van der Waals surface area contributed by atoms with Crippen LogP contribution in [0.15, 0.2) is 0 Å². The van der Waals surface area contributed by atoms with Crippen LogP contribution in [0.5, 0.6) is 0 Å². The fraction of sp³-hybridized carbons (Fsp3) is 0.867. The Labute approximate surface area is 142 Å². The number of rotatable bonds is 6. The van der Waals surface area contributed by atoms with Gasteiger partial charge in [-0.05, 0) is 32.1 Å². The van der Waals surface area contributed by atoms with Crippen molar-refractivity contribution < 1.29 is 27.9 Å². The molecular weight excluding hydrogens is 336 g/mol. The molecule has 0 aromatic carbocycles. The molecule has 2 aliphatic rings. The molecule has 0 aromatic rings. The highest BCUT2D eigenvalue weighted by atomic mass is 32.2. The molecule has 0 bridgehead atoms. The van der Waals surface area contributed by atoms with E-state index in [2.05, 4.69) is 0 Å². The molecule has 138 valence electrons. The Kier molecular flexibility index (Phi) is 6.22. The van der Waals surface area contributed by atoms with E-state index in [1.54, 1.807) is 0 Å². The maximum absolute atomic E-state index is 12.7. The summed E-state index contributed by atoms with van der Waals surface area (Å²) in [5.74, 6) is -1.36. The van der Waals surface area contributed by atoms with Gasteiger partial charge in [0.2, 0.25) is 10.0 Å². The Morgan fingerprint density at radius 3 is 2.29 bits per heavy atom. The SMILES string of the molecule is CCC1CCC(C(=O)N(CC(=O)O)C2CCN(S(C)(=O)=O)CC2)O1. The first-order chi connectivity index (χ1) is 11.2. The molecule has 2 rings (SSSR count). The summed E-state index contributed by atoms with van der Waals surface area (Å²) in [6.45, 7) is 2.22. The Hall–Kier alpha value is -1.19. The van der Waals surface area contributed by atoms with Crippen LogP contribution in [-0.4, -0.2) is 78.7 Å². The number of hydrogen-bond acceptors (Lipinski definition) is 5. The van der Waals surface area contributed by atoms with Gasteiger partial charge in [0.05, 0.1) is 12.4 Å². The van der Waals surface area contributed by atoms with Gasteiger partial charge in [0, 0.05) is 19.1 Å². The third-order valence-electron chi connectivity index (χ3n) is 4.76. The molecule has 9 heteroatoms. The predicted molar refractivity (Wildman–Crippen MR) is 87.0 cm³/mol. The Bertz CT molecular complexity index is 571. The molecule has 0 spiro atoms. The first-order valence-corrected chi connectivity index (χ1v) is 10.2. The lowest BCUT2D eigenvalue weighted by atomic mass is 10.0. The number of nitrogens with zero attached hydrogens (tertiary/aromatic N) is 2. The normalized spacial score (nSPS) is 26.4. The van der Waals surface area contributed by atoms with Crippen LogP contribution in [0.3, 0.4) is 0 Å². The Balaban J connectivity index is 2.04. The summed E-state index contributed by atoms with van der Waals surface area (Å²) < 4.78 is 30.2. The maximum Gasteiger partial charge on any atom is 0.323 e. The van der Waals surface area contributed by atoms with Crippen LogP contribution in [0, 0.1) is 0 Å². The second kappa shape index (κ2) is 7.79. The highest BCUT2D eigenvalue weighted by Gasteiger charge is 2.38. The summed E-state index contributed by atoms with van der Waals surface area (Å²) in [5.41, 5.74) is 0. The monoisotopic (exact) mass is 362 g/mol. The fourth-order valence-corrected chi connectivity index (χ4v) is 4.26. The average Bonchev–Trinajstić information content (AvgIpc) is 3.00. The summed E-state index contributed by atoms with van der Waals surface area (Å²) >= 11 is 0. The average molecular weight is 362 g/mol. The summed E-state index contributed by atoms with van der Waals surface area (Å²) in [6.07, 6.45) is 3.75. The molecule has 2 aliphatic heterocycles. The lowest BCUT2D eigenvalue weighted by Crippen LogP contribution is -2.52. The summed E-state index contributed by atoms with van der Waals surface area (Å²) in [4.78, 5) is 25.3. The van der Waals surface area contributed by atoms with Crippen LogP contribution in [0.25, 0.3) is 0 Å². The smallest absolute Gasteiger partial charge is 0.323 e. The van der Waals surface area contributed by atoms with Crippen molar-refractivity contribution in [2.45, 2.75) is 57.3 Å². The number of ether oxygens (including phenoxy) is 1. The number of carboxylic acids is 1. The van der Waals surface area contributed by atoms with Gasteiger partial charge in [-0.3, -0.25) is 9.59 Å². The van der Waals surface area contributed by atoms with Crippen molar-refractivity contribution in [3.05, 3.63) is 0 Å². The van der Waals surface area contributed by atoms with E-state index in [4.69, 9.17) is 9.84 Å². The minimum atomic E-state index is -3.26. The van der Waals surface area contributed by atoms with Crippen LogP contribution >= 0.6 is 0 Å². The first-order valence-electron chi connectivity index (χ1n) is 8.35. The quantitative estimate of drug-likeness (QED) is 0.728. The first kappa shape index (κ1) is 19.1. The van der Waals surface area contributed by atoms with E-state index >= 15 is 0 Å². The highest BCUT2D eigenvalue weighted by Crippen LogP contribution is 2.26. The number of sulfonamides is 1. The molecule has 0 radical (unpaired) electrons. The van der Waals surface area contributed by atoms with Crippen molar-refractivity contribution in [1.29, 1.82) is 0 Å². The number of hydrogen-bond donors (Lipinski definition) is 1. The Morgan fingerprint density at radius 2 is 1.83 bits per heavy atom. The molecule has 0 saturated carbocycles. The number of amides is 1. The van der Waals surface area contributed by atoms with Crippen LogP contribution in [0.1, 0.15) is 39.0 Å². The van der Waals surface area contributed by atoms with Gasteiger partial charge in [-0.1, -0.05) is 6.92 Å². The molecule has 2 atom stereocenters. The van der Waals surface area contributed by atoms with E-state index in [0.29, 0.717) is 32.4 Å². The van der Waals surface area contributed by atoms with E-state index < -0.39 is 22.1 Å². The van der Waals surface area contributed by atoms with Gasteiger partial charge in [0.15, 0.2) is 0 Å². The standard InChI is InChI=1S/C15H26N2O6S/c1-3-12-4-5-13(23-12)15(20)17(10-14(18)19)11-6-8-16(9-7-11)24(2,21)22/h11-13H,3-10H2,1-2H3,(H,18,19). The van der Waals surface area contributed by atoms with Gasteiger partial charge in [0.25, 0.3) is 5.91 Å². The second-order valence-corrected chi connectivity index (χ2v) is 8.47. The van der Waals surface area contributed by atoms with Gasteiger partial charge in [-0.2, -0.15) is 0 Å². The van der Waals surface area contributed by atoms with Gasteiger partial charge in [-0.25, -0.2) is 12.7 Å². The zero-order chi connectivity index (χ0) is 17.9. The number of carboxylic acid groups (broad SMARTS) is 1. The number of piperidine rings is 1. The van der Waals surface area contributed by atoms with Crippen molar-refractivity contribution in [3.8, 4) is 0 Å². The molecule has 1 amide bonds. The summed E-state index contributed by atoms with van der Waals surface area (Å²) in [5, 5.41) is 9.14. The van der Waals surface area contributed by atoms with Crippen molar-refractivity contribution in [2.75, 3.05) is 25.9 Å². The van der Waals surface area contributed by atoms with Gasteiger partial charge < -0.3 is 14.7 Å². The Morgan fingerprint density at radius 1 is 1.21 bits per heavy atom. The minimum absolute atomic E-state index is 0.0534. The minimum Gasteiger partial charge on any atom is -0.480 e. The highest BCUT2D eigenvalue weighted by molar-refractivity contribution is 7.88. The van der Waals surface area contributed by atoms with E-state index in [1.807, 2.05) is 6.92 Å². The molecule has 0 aliphatic carbocycles. The zero-order valence-corrected chi connectivity index (χ0v) is 15.0. The van der Waals surface area contributed by atoms with E-state index in [0.717, 1.165) is 19.1 Å². The summed E-state index contributed by atoms with van der Waals surface area (Å²) in [7, 11) is -3.26. The van der Waals surface area contributed by atoms with Gasteiger partial charge in [-0.15, -0.1) is 0 Å². The molecule has 2 unspecified atom stereocenters. The van der Waals surface area contributed by atoms with Crippen molar-refractivity contribution >= 4 is 21.9 Å². The fourth-order valence-electron chi connectivity index (χ4n) is 3.39. The molecule has 24 heavy (non-hydrogen) atoms. The van der Waals surface area contributed by atoms with Crippen LogP contribution in [0.4, 0.5) is 0 Å². The van der Waals surface area contributed by atoms with E-state index in [1.165, 1.54) is 9.21 Å². The second-order valence-electron chi connectivity index (χ2n) is 6.49. The van der Waals surface area contributed by atoms with Crippen LogP contribution in [0.2, 0.25) is 0 Å². The summed E-state index contributed by atoms with van der Waals surface area (Å²) in [6, 6.07) is -0.268. The third kappa shape index (κ3) is 4.67. The van der Waals surface area contributed by atoms with E-state index in [-0.39, 0.29) is 24.6 Å². The third-order valence-corrected chi connectivity index (χ3v) is 6.06. The zero-order valence-electron chi connectivity index (χ0n) is 14.2. The predicted octanol–water partition coefficient (Wildman–Crippen LogP) is 0.281. The van der Waals surface area contributed by atoms with E-state index in [9.17, 15) is 18.0 Å². The van der Waals surface area contributed by atoms with Crippen molar-refractivity contribution in [3.63, 3.8) is 0 Å². The number of carbonyl (C=O) groups is 2. The van der Waals surface area contributed by atoms with Crippen molar-refractivity contribution in [2.24, 2.45) is 0 Å². The molecule has 2 heterocycles. The number of carbonyl (C=O) groups excluding carboxylic acids is 1. The number of aliphatic carboxylic acids is 1. The molecule has 0 aromatic heterocycles. The van der Waals surface area contributed by atoms with Crippen molar-refractivity contribution in [1.82, 2.24) is 9.21 Å². The maximum atomic E-state index is 12.7. The largest absolute Gasteiger partial charge is 0.480 e. The molecule has 8 nitrogen and oxygen atoms in total. The molecule has 2 saturated heterocycles.